The van der Waals surface area contributed by atoms with Crippen molar-refractivity contribution in [2.24, 2.45) is 5.73 Å². The van der Waals surface area contributed by atoms with Crippen LogP contribution < -0.4 is 5.73 Å². The summed E-state index contributed by atoms with van der Waals surface area (Å²) >= 11 is 0. The molecule has 1 atom stereocenters. The van der Waals surface area contributed by atoms with E-state index in [1.54, 1.807) is 0 Å². The van der Waals surface area contributed by atoms with Crippen molar-refractivity contribution in [2.45, 2.75) is 25.8 Å². The summed E-state index contributed by atoms with van der Waals surface area (Å²) in [6, 6.07) is 14.7. The Kier molecular flexibility index (Phi) is 3.95. The highest BCUT2D eigenvalue weighted by Crippen LogP contribution is 2.28. The summed E-state index contributed by atoms with van der Waals surface area (Å²) in [5, 5.41) is 2.53. The van der Waals surface area contributed by atoms with Crippen molar-refractivity contribution in [3.05, 3.63) is 48.0 Å². The van der Waals surface area contributed by atoms with Crippen LogP contribution in [0.25, 0.3) is 10.8 Å². The molecule has 86 valence electrons. The molecule has 0 fully saturated rings. The van der Waals surface area contributed by atoms with Crippen molar-refractivity contribution in [3.8, 4) is 0 Å². The van der Waals surface area contributed by atoms with Gasteiger partial charge >= 0.3 is 0 Å². The predicted molar refractivity (Wildman–Crippen MR) is 73.0 cm³/mol. The zero-order chi connectivity index (χ0) is 10.9. The SMILES string of the molecule is CCC(C)(N)c1cccc2ccccc12.Cl. The molecule has 2 heteroatoms. The Hall–Kier alpha value is -1.05. The van der Waals surface area contributed by atoms with Crippen LogP contribution in [0.1, 0.15) is 25.8 Å². The van der Waals surface area contributed by atoms with Gasteiger partial charge in [-0.05, 0) is 29.7 Å². The normalized spacial score (nSPS) is 14.2. The van der Waals surface area contributed by atoms with E-state index in [1.165, 1.54) is 16.3 Å². The Morgan fingerprint density at radius 2 is 1.69 bits per heavy atom. The van der Waals surface area contributed by atoms with Crippen molar-refractivity contribution in [1.29, 1.82) is 0 Å². The molecule has 0 aromatic heterocycles. The fourth-order valence-corrected chi connectivity index (χ4v) is 1.91. The van der Waals surface area contributed by atoms with Crippen LogP contribution in [0.5, 0.6) is 0 Å². The van der Waals surface area contributed by atoms with Gasteiger partial charge in [-0.3, -0.25) is 0 Å². The van der Waals surface area contributed by atoms with E-state index in [9.17, 15) is 0 Å². The Bertz CT molecular complexity index is 472. The summed E-state index contributed by atoms with van der Waals surface area (Å²) in [4.78, 5) is 0. The summed E-state index contributed by atoms with van der Waals surface area (Å²) in [7, 11) is 0. The second kappa shape index (κ2) is 4.86. The van der Waals surface area contributed by atoms with Gasteiger partial charge < -0.3 is 5.73 Å². The number of rotatable bonds is 2. The van der Waals surface area contributed by atoms with Crippen LogP contribution in [0, 0.1) is 0 Å². The van der Waals surface area contributed by atoms with Crippen molar-refractivity contribution in [1.82, 2.24) is 0 Å². The highest BCUT2D eigenvalue weighted by atomic mass is 35.5. The van der Waals surface area contributed by atoms with E-state index >= 15 is 0 Å². The third-order valence-electron chi connectivity index (χ3n) is 3.14. The standard InChI is InChI=1S/C14H17N.ClH/c1-3-14(2,15)13-10-6-8-11-7-4-5-9-12(11)13;/h4-10H,3,15H2,1-2H3;1H. The second-order valence-electron chi connectivity index (χ2n) is 4.30. The molecule has 0 heterocycles. The van der Waals surface area contributed by atoms with E-state index in [0.29, 0.717) is 0 Å². The minimum absolute atomic E-state index is 0. The van der Waals surface area contributed by atoms with E-state index in [1.807, 2.05) is 0 Å². The molecule has 0 saturated carbocycles. The molecule has 0 aliphatic heterocycles. The molecule has 0 amide bonds. The van der Waals surface area contributed by atoms with Crippen LogP contribution in [-0.2, 0) is 5.54 Å². The first-order chi connectivity index (χ1) is 7.15. The van der Waals surface area contributed by atoms with Crippen molar-refractivity contribution < 1.29 is 0 Å². The average Bonchev–Trinajstić information content (AvgIpc) is 2.28. The Labute approximate surface area is 103 Å². The van der Waals surface area contributed by atoms with Crippen LogP contribution in [-0.4, -0.2) is 0 Å². The summed E-state index contributed by atoms with van der Waals surface area (Å²) in [6.45, 7) is 4.22. The van der Waals surface area contributed by atoms with Crippen molar-refractivity contribution in [3.63, 3.8) is 0 Å². The first-order valence-electron chi connectivity index (χ1n) is 5.42. The van der Waals surface area contributed by atoms with Crippen LogP contribution in [0.4, 0.5) is 0 Å². The first-order valence-corrected chi connectivity index (χ1v) is 5.42. The lowest BCUT2D eigenvalue weighted by molar-refractivity contribution is 0.480. The molecule has 0 radical (unpaired) electrons. The molecule has 0 aliphatic rings. The molecule has 0 spiro atoms. The van der Waals surface area contributed by atoms with E-state index in [-0.39, 0.29) is 17.9 Å². The molecule has 0 aliphatic carbocycles. The molecule has 0 bridgehead atoms. The van der Waals surface area contributed by atoms with Gasteiger partial charge in [0, 0.05) is 5.54 Å². The molecule has 2 rings (SSSR count). The van der Waals surface area contributed by atoms with Crippen LogP contribution in [0.3, 0.4) is 0 Å². The van der Waals surface area contributed by atoms with Gasteiger partial charge in [0.1, 0.15) is 0 Å². The number of hydrogen-bond donors (Lipinski definition) is 1. The Morgan fingerprint density at radius 1 is 1.06 bits per heavy atom. The second-order valence-corrected chi connectivity index (χ2v) is 4.30. The highest BCUT2D eigenvalue weighted by Gasteiger charge is 2.20. The van der Waals surface area contributed by atoms with Gasteiger partial charge in [0.25, 0.3) is 0 Å². The molecule has 2 aromatic carbocycles. The molecule has 16 heavy (non-hydrogen) atoms. The molecule has 1 unspecified atom stereocenters. The number of halogens is 1. The molecular weight excluding hydrogens is 218 g/mol. The summed E-state index contributed by atoms with van der Waals surface area (Å²) < 4.78 is 0. The third kappa shape index (κ3) is 2.21. The maximum absolute atomic E-state index is 6.30. The quantitative estimate of drug-likeness (QED) is 0.841. The maximum atomic E-state index is 6.30. The monoisotopic (exact) mass is 235 g/mol. The van der Waals surface area contributed by atoms with Crippen LogP contribution in [0.15, 0.2) is 42.5 Å². The molecule has 2 N–H and O–H groups in total. The zero-order valence-corrected chi connectivity index (χ0v) is 10.6. The van der Waals surface area contributed by atoms with Gasteiger partial charge in [0.2, 0.25) is 0 Å². The lowest BCUT2D eigenvalue weighted by Crippen LogP contribution is -2.32. The van der Waals surface area contributed by atoms with E-state index in [2.05, 4.69) is 56.3 Å². The van der Waals surface area contributed by atoms with E-state index in [0.717, 1.165) is 6.42 Å². The Balaban J connectivity index is 0.00000128. The number of nitrogens with two attached hydrogens (primary N) is 1. The van der Waals surface area contributed by atoms with Gasteiger partial charge in [0.05, 0.1) is 0 Å². The van der Waals surface area contributed by atoms with Crippen molar-refractivity contribution in [2.75, 3.05) is 0 Å². The van der Waals surface area contributed by atoms with Gasteiger partial charge in [-0.1, -0.05) is 49.4 Å². The van der Waals surface area contributed by atoms with Crippen LogP contribution in [0.2, 0.25) is 0 Å². The van der Waals surface area contributed by atoms with Gasteiger partial charge in [0.15, 0.2) is 0 Å². The summed E-state index contributed by atoms with van der Waals surface area (Å²) in [5.74, 6) is 0. The summed E-state index contributed by atoms with van der Waals surface area (Å²) in [6.07, 6.45) is 0.945. The molecular formula is C14H18ClN. The van der Waals surface area contributed by atoms with Gasteiger partial charge in [-0.15, -0.1) is 12.4 Å². The van der Waals surface area contributed by atoms with Gasteiger partial charge in [-0.25, -0.2) is 0 Å². The number of benzene rings is 2. The topological polar surface area (TPSA) is 26.0 Å². The fourth-order valence-electron chi connectivity index (χ4n) is 1.91. The largest absolute Gasteiger partial charge is 0.322 e. The summed E-state index contributed by atoms with van der Waals surface area (Å²) in [5.41, 5.74) is 7.31. The highest BCUT2D eigenvalue weighted by molar-refractivity contribution is 5.86. The average molecular weight is 236 g/mol. The predicted octanol–water partition coefficient (Wildman–Crippen LogP) is 3.85. The Morgan fingerprint density at radius 3 is 2.38 bits per heavy atom. The van der Waals surface area contributed by atoms with Crippen LogP contribution >= 0.6 is 12.4 Å². The number of fused-ring (bicyclic) bond motifs is 1. The maximum Gasteiger partial charge on any atom is 0.0384 e. The number of hydrogen-bond acceptors (Lipinski definition) is 1. The minimum Gasteiger partial charge on any atom is -0.322 e. The third-order valence-corrected chi connectivity index (χ3v) is 3.14. The zero-order valence-electron chi connectivity index (χ0n) is 9.73. The lowest BCUT2D eigenvalue weighted by Gasteiger charge is -2.25. The van der Waals surface area contributed by atoms with E-state index in [4.69, 9.17) is 5.73 Å². The smallest absolute Gasteiger partial charge is 0.0384 e. The van der Waals surface area contributed by atoms with Crippen molar-refractivity contribution >= 4 is 23.2 Å². The van der Waals surface area contributed by atoms with Gasteiger partial charge in [-0.2, -0.15) is 0 Å². The lowest BCUT2D eigenvalue weighted by atomic mass is 9.87. The van der Waals surface area contributed by atoms with E-state index < -0.39 is 0 Å². The fraction of sp³-hybridized carbons (Fsp3) is 0.286. The minimum atomic E-state index is -0.235. The molecule has 0 saturated heterocycles. The molecule has 1 nitrogen and oxygen atoms in total. The first kappa shape index (κ1) is 13.0. The molecule has 2 aromatic rings.